The number of hydrogen-bond donors (Lipinski definition) is 1. The number of fused-ring (bicyclic) bond motifs is 3. The van der Waals surface area contributed by atoms with E-state index in [1.54, 1.807) is 19.9 Å². The van der Waals surface area contributed by atoms with Crippen LogP contribution >= 0.6 is 0 Å². The fourth-order valence-electron chi connectivity index (χ4n) is 3.89. The third kappa shape index (κ3) is 4.24. The highest BCUT2D eigenvalue weighted by molar-refractivity contribution is 7.89. The van der Waals surface area contributed by atoms with Crippen LogP contribution in [0.2, 0.25) is 0 Å². The molecule has 3 aromatic rings. The molecule has 182 valence electrons. The lowest BCUT2D eigenvalue weighted by Crippen LogP contribution is -2.44. The van der Waals surface area contributed by atoms with Crippen molar-refractivity contribution >= 4 is 50.5 Å². The molecule has 10 heteroatoms. The van der Waals surface area contributed by atoms with Crippen molar-refractivity contribution in [1.82, 2.24) is 4.72 Å². The van der Waals surface area contributed by atoms with E-state index in [0.717, 1.165) is 16.2 Å². The van der Waals surface area contributed by atoms with Crippen LogP contribution in [0.15, 0.2) is 45.7 Å². The van der Waals surface area contributed by atoms with E-state index < -0.39 is 40.4 Å². The summed E-state index contributed by atoms with van der Waals surface area (Å²) in [5.41, 5.74) is 0.906. The average molecular weight is 487 g/mol. The predicted molar refractivity (Wildman–Crippen MR) is 130 cm³/mol. The van der Waals surface area contributed by atoms with Crippen LogP contribution in [0.3, 0.4) is 0 Å². The maximum atomic E-state index is 13.0. The third-order valence-corrected chi connectivity index (χ3v) is 8.15. The Morgan fingerprint density at radius 3 is 2.09 bits per heavy atom. The molecule has 2 heterocycles. The van der Waals surface area contributed by atoms with E-state index in [1.807, 2.05) is 45.9 Å². The quantitative estimate of drug-likeness (QED) is 0.420. The number of benzene rings is 2. The van der Waals surface area contributed by atoms with E-state index in [9.17, 15) is 13.2 Å². The molecule has 2 aromatic carbocycles. The van der Waals surface area contributed by atoms with Crippen molar-refractivity contribution in [1.29, 1.82) is 0 Å². The molecule has 0 amide bonds. The molecular formula is C24H30BNO7S. The Balaban J connectivity index is 1.68. The van der Waals surface area contributed by atoms with Crippen LogP contribution in [0.5, 0.6) is 0 Å². The molecule has 34 heavy (non-hydrogen) atoms. The van der Waals surface area contributed by atoms with Gasteiger partial charge in [-0.2, -0.15) is 4.72 Å². The van der Waals surface area contributed by atoms with Crippen LogP contribution in [0.1, 0.15) is 41.5 Å². The molecule has 0 aliphatic carbocycles. The Morgan fingerprint density at radius 2 is 1.53 bits per heavy atom. The molecule has 4 rings (SSSR count). The highest BCUT2D eigenvalue weighted by Gasteiger charge is 2.51. The Labute approximate surface area is 200 Å². The van der Waals surface area contributed by atoms with E-state index in [0.29, 0.717) is 11.2 Å². The van der Waals surface area contributed by atoms with Crippen LogP contribution in [0.4, 0.5) is 0 Å². The van der Waals surface area contributed by atoms with Crippen LogP contribution in [-0.2, 0) is 28.9 Å². The summed E-state index contributed by atoms with van der Waals surface area (Å²) in [6.07, 6.45) is 0. The Morgan fingerprint density at radius 1 is 0.971 bits per heavy atom. The smallest absolute Gasteiger partial charge is 0.468 e. The minimum Gasteiger partial charge on any atom is -0.468 e. The SMILES string of the molecule is COC(=O)C(NS(=O)(=O)c1ccc2c(c1)oc1cc(B3OC(C)(C)C(C)(C)O3)ccc12)C(C)C. The summed E-state index contributed by atoms with van der Waals surface area (Å²) in [6.45, 7) is 11.5. The highest BCUT2D eigenvalue weighted by atomic mass is 32.2. The van der Waals surface area contributed by atoms with Crippen molar-refractivity contribution in [2.24, 2.45) is 5.92 Å². The van der Waals surface area contributed by atoms with Gasteiger partial charge in [0, 0.05) is 16.8 Å². The molecule has 1 aliphatic rings. The minimum atomic E-state index is -3.99. The number of carbonyl (C=O) groups is 1. The first-order chi connectivity index (χ1) is 15.8. The van der Waals surface area contributed by atoms with Gasteiger partial charge in [0.25, 0.3) is 0 Å². The number of methoxy groups -OCH3 is 1. The predicted octanol–water partition coefficient (Wildman–Crippen LogP) is 3.36. The number of ether oxygens (including phenoxy) is 1. The maximum absolute atomic E-state index is 13.0. The second kappa shape index (κ2) is 8.37. The van der Waals surface area contributed by atoms with Gasteiger partial charge in [-0.15, -0.1) is 0 Å². The molecule has 0 spiro atoms. The van der Waals surface area contributed by atoms with E-state index in [4.69, 9.17) is 18.5 Å². The zero-order valence-corrected chi connectivity index (χ0v) is 21.3. The number of hydrogen-bond acceptors (Lipinski definition) is 7. The van der Waals surface area contributed by atoms with Crippen molar-refractivity contribution < 1.29 is 31.7 Å². The molecule has 0 saturated carbocycles. The van der Waals surface area contributed by atoms with E-state index in [2.05, 4.69) is 4.72 Å². The lowest BCUT2D eigenvalue weighted by atomic mass is 9.79. The second-order valence-corrected chi connectivity index (χ2v) is 11.7. The summed E-state index contributed by atoms with van der Waals surface area (Å²) >= 11 is 0. The van der Waals surface area contributed by atoms with Gasteiger partial charge >= 0.3 is 13.1 Å². The fourth-order valence-corrected chi connectivity index (χ4v) is 5.23. The molecule has 1 N–H and O–H groups in total. The average Bonchev–Trinajstić information content (AvgIpc) is 3.23. The first-order valence-corrected chi connectivity index (χ1v) is 12.7. The van der Waals surface area contributed by atoms with Gasteiger partial charge in [0.1, 0.15) is 17.2 Å². The third-order valence-electron chi connectivity index (χ3n) is 6.71. The van der Waals surface area contributed by atoms with Gasteiger partial charge in [-0.1, -0.05) is 26.0 Å². The molecule has 0 radical (unpaired) electrons. The van der Waals surface area contributed by atoms with E-state index in [1.165, 1.54) is 19.2 Å². The number of furan rings is 1. The summed E-state index contributed by atoms with van der Waals surface area (Å²) in [6, 6.07) is 9.36. The molecule has 1 unspecified atom stereocenters. The first kappa shape index (κ1) is 24.7. The molecule has 0 bridgehead atoms. The Kier molecular flexibility index (Phi) is 6.09. The van der Waals surface area contributed by atoms with Gasteiger partial charge in [0.15, 0.2) is 0 Å². The summed E-state index contributed by atoms with van der Waals surface area (Å²) < 4.78 is 51.4. The lowest BCUT2D eigenvalue weighted by Gasteiger charge is -2.32. The summed E-state index contributed by atoms with van der Waals surface area (Å²) in [4.78, 5) is 12.0. The molecule has 8 nitrogen and oxygen atoms in total. The van der Waals surface area contributed by atoms with Crippen molar-refractivity contribution in [3.63, 3.8) is 0 Å². The van der Waals surface area contributed by atoms with Gasteiger partial charge in [-0.25, -0.2) is 8.42 Å². The molecular weight excluding hydrogens is 457 g/mol. The number of carbonyl (C=O) groups excluding carboxylic acids is 1. The number of sulfonamides is 1. The van der Waals surface area contributed by atoms with E-state index >= 15 is 0 Å². The number of rotatable bonds is 6. The van der Waals surface area contributed by atoms with Gasteiger partial charge < -0.3 is 18.5 Å². The van der Waals surface area contributed by atoms with Gasteiger partial charge in [0.2, 0.25) is 10.0 Å². The molecule has 1 atom stereocenters. The largest absolute Gasteiger partial charge is 0.494 e. The fraction of sp³-hybridized carbons (Fsp3) is 0.458. The topological polar surface area (TPSA) is 104 Å². The highest BCUT2D eigenvalue weighted by Crippen LogP contribution is 2.37. The maximum Gasteiger partial charge on any atom is 0.494 e. The second-order valence-electron chi connectivity index (χ2n) is 9.97. The van der Waals surface area contributed by atoms with Crippen LogP contribution in [-0.4, -0.2) is 45.9 Å². The van der Waals surface area contributed by atoms with Crippen LogP contribution in [0.25, 0.3) is 21.9 Å². The molecule has 1 aliphatic heterocycles. The van der Waals surface area contributed by atoms with Crippen LogP contribution < -0.4 is 10.2 Å². The van der Waals surface area contributed by atoms with Gasteiger partial charge in [-0.05, 0) is 57.3 Å². The zero-order valence-electron chi connectivity index (χ0n) is 20.5. The Bertz CT molecular complexity index is 1340. The zero-order chi connectivity index (χ0) is 25.1. The Hall–Kier alpha value is -2.40. The minimum absolute atomic E-state index is 0.000193. The molecule has 1 fully saturated rings. The van der Waals surface area contributed by atoms with Crippen molar-refractivity contribution in [2.45, 2.75) is 63.7 Å². The monoisotopic (exact) mass is 487 g/mol. The summed E-state index contributed by atoms with van der Waals surface area (Å²) in [5.74, 6) is -0.927. The standard InChI is InChI=1S/C24H30BNO7S/c1-14(2)21(22(27)30-7)26-34(28,29)16-9-11-18-17-10-8-15(12-19(17)31-20(18)13-16)25-32-23(3,4)24(5,6)33-25/h8-14,21,26H,1-7H3. The van der Waals surface area contributed by atoms with Crippen molar-refractivity contribution in [3.05, 3.63) is 36.4 Å². The van der Waals surface area contributed by atoms with Crippen LogP contribution in [0, 0.1) is 5.92 Å². The van der Waals surface area contributed by atoms with E-state index in [-0.39, 0.29) is 10.8 Å². The molecule has 1 saturated heterocycles. The normalized spacial score (nSPS) is 18.6. The van der Waals surface area contributed by atoms with Gasteiger partial charge in [0.05, 0.1) is 23.2 Å². The molecule has 1 aromatic heterocycles. The number of nitrogens with one attached hydrogen (secondary N) is 1. The lowest BCUT2D eigenvalue weighted by molar-refractivity contribution is -0.143. The summed E-state index contributed by atoms with van der Waals surface area (Å²) in [5, 5.41) is 1.63. The summed E-state index contributed by atoms with van der Waals surface area (Å²) in [7, 11) is -3.29. The van der Waals surface area contributed by atoms with Crippen molar-refractivity contribution in [2.75, 3.05) is 7.11 Å². The van der Waals surface area contributed by atoms with Gasteiger partial charge in [-0.3, -0.25) is 4.79 Å². The number of esters is 1. The van der Waals surface area contributed by atoms with Crippen molar-refractivity contribution in [3.8, 4) is 0 Å². The first-order valence-electron chi connectivity index (χ1n) is 11.2.